The number of ether oxygens (including phenoxy) is 1. The Morgan fingerprint density at radius 2 is 2.27 bits per heavy atom. The van der Waals surface area contributed by atoms with E-state index in [1.54, 1.807) is 7.11 Å². The van der Waals surface area contributed by atoms with Crippen LogP contribution in [0.2, 0.25) is 0 Å². The summed E-state index contributed by atoms with van der Waals surface area (Å²) in [6.45, 7) is 1.11. The fraction of sp³-hybridized carbons (Fsp3) is 0.500. The first-order chi connectivity index (χ1) is 7.31. The molecule has 1 aliphatic rings. The number of nitrogens with one attached hydrogen (secondary N) is 1. The molecule has 3 heteroatoms. The Balaban J connectivity index is 2.27. The molecule has 0 unspecified atom stereocenters. The van der Waals surface area contributed by atoms with Gasteiger partial charge in [-0.25, -0.2) is 0 Å². The van der Waals surface area contributed by atoms with Gasteiger partial charge in [0, 0.05) is 16.1 Å². The Kier molecular flexibility index (Phi) is 3.65. The number of rotatable bonds is 2. The number of hydrogen-bond donors (Lipinski definition) is 1. The van der Waals surface area contributed by atoms with Crippen LogP contribution in [0.15, 0.2) is 22.7 Å². The summed E-state index contributed by atoms with van der Waals surface area (Å²) in [4.78, 5) is 0. The van der Waals surface area contributed by atoms with Crippen LogP contribution in [0.25, 0.3) is 0 Å². The first kappa shape index (κ1) is 11.0. The zero-order valence-electron chi connectivity index (χ0n) is 8.92. The highest BCUT2D eigenvalue weighted by Crippen LogP contribution is 2.32. The molecule has 0 saturated carbocycles. The molecule has 0 bridgehead atoms. The Hall–Kier alpha value is -0.540. The van der Waals surface area contributed by atoms with Crippen LogP contribution in [0.3, 0.4) is 0 Å². The molecule has 0 radical (unpaired) electrons. The predicted octanol–water partition coefficient (Wildman–Crippen LogP) is 3.27. The second-order valence-electron chi connectivity index (χ2n) is 3.89. The van der Waals surface area contributed by atoms with Crippen LogP contribution < -0.4 is 10.1 Å². The zero-order chi connectivity index (χ0) is 10.7. The first-order valence-electron chi connectivity index (χ1n) is 5.38. The molecular weight excluding hydrogens is 254 g/mol. The van der Waals surface area contributed by atoms with E-state index in [1.807, 2.05) is 12.1 Å². The van der Waals surface area contributed by atoms with Gasteiger partial charge >= 0.3 is 0 Å². The maximum absolute atomic E-state index is 5.39. The minimum absolute atomic E-state index is 0.450. The normalized spacial score (nSPS) is 21.3. The first-order valence-corrected chi connectivity index (χ1v) is 6.17. The third-order valence-corrected chi connectivity index (χ3v) is 3.37. The molecule has 1 aromatic rings. The average Bonchev–Trinajstić information content (AvgIpc) is 2.30. The molecule has 1 atom stereocenters. The van der Waals surface area contributed by atoms with E-state index in [9.17, 15) is 0 Å². The van der Waals surface area contributed by atoms with Gasteiger partial charge in [0.2, 0.25) is 0 Å². The van der Waals surface area contributed by atoms with Crippen molar-refractivity contribution < 1.29 is 4.74 Å². The summed E-state index contributed by atoms with van der Waals surface area (Å²) < 4.78 is 6.51. The van der Waals surface area contributed by atoms with Gasteiger partial charge < -0.3 is 10.1 Å². The van der Waals surface area contributed by atoms with E-state index < -0.39 is 0 Å². The van der Waals surface area contributed by atoms with Crippen molar-refractivity contribution in [2.45, 2.75) is 25.3 Å². The van der Waals surface area contributed by atoms with Crippen molar-refractivity contribution >= 4 is 15.9 Å². The van der Waals surface area contributed by atoms with E-state index in [-0.39, 0.29) is 0 Å². The predicted molar refractivity (Wildman–Crippen MR) is 65.3 cm³/mol. The number of hydrogen-bond acceptors (Lipinski definition) is 2. The summed E-state index contributed by atoms with van der Waals surface area (Å²) in [5.41, 5.74) is 1.27. The standard InChI is InChI=1S/C12H16BrNO/c1-15-12-6-5-9(13)8-10(12)11-4-2-3-7-14-11/h5-6,8,11,14H,2-4,7H2,1H3/t11-/m1/s1. The van der Waals surface area contributed by atoms with Crippen molar-refractivity contribution in [1.29, 1.82) is 0 Å². The maximum Gasteiger partial charge on any atom is 0.123 e. The van der Waals surface area contributed by atoms with Gasteiger partial charge in [-0.2, -0.15) is 0 Å². The Labute approximate surface area is 99.1 Å². The molecule has 1 aromatic carbocycles. The second-order valence-corrected chi connectivity index (χ2v) is 4.80. The Bertz CT molecular complexity index is 334. The molecular formula is C12H16BrNO. The van der Waals surface area contributed by atoms with Gasteiger partial charge in [-0.15, -0.1) is 0 Å². The van der Waals surface area contributed by atoms with Gasteiger partial charge in [0.1, 0.15) is 5.75 Å². The van der Waals surface area contributed by atoms with Crippen molar-refractivity contribution in [3.63, 3.8) is 0 Å². The molecule has 0 aromatic heterocycles. The number of halogens is 1. The van der Waals surface area contributed by atoms with Gasteiger partial charge in [0.15, 0.2) is 0 Å². The van der Waals surface area contributed by atoms with Crippen molar-refractivity contribution in [2.24, 2.45) is 0 Å². The fourth-order valence-electron chi connectivity index (χ4n) is 2.09. The topological polar surface area (TPSA) is 21.3 Å². The molecule has 82 valence electrons. The lowest BCUT2D eigenvalue weighted by Crippen LogP contribution is -2.27. The lowest BCUT2D eigenvalue weighted by Gasteiger charge is -2.25. The van der Waals surface area contributed by atoms with E-state index in [2.05, 4.69) is 27.3 Å². The average molecular weight is 270 g/mol. The summed E-state index contributed by atoms with van der Waals surface area (Å²) in [5.74, 6) is 0.984. The van der Waals surface area contributed by atoms with Crippen LogP contribution in [0.4, 0.5) is 0 Å². The van der Waals surface area contributed by atoms with Crippen LogP contribution in [-0.2, 0) is 0 Å². The van der Waals surface area contributed by atoms with Crippen molar-refractivity contribution in [3.05, 3.63) is 28.2 Å². The van der Waals surface area contributed by atoms with E-state index >= 15 is 0 Å². The van der Waals surface area contributed by atoms with Gasteiger partial charge in [0.05, 0.1) is 7.11 Å². The maximum atomic E-state index is 5.39. The van der Waals surface area contributed by atoms with Crippen LogP contribution in [0, 0.1) is 0 Å². The van der Waals surface area contributed by atoms with Crippen LogP contribution in [0.1, 0.15) is 30.9 Å². The number of methoxy groups -OCH3 is 1. The third-order valence-electron chi connectivity index (χ3n) is 2.88. The monoisotopic (exact) mass is 269 g/mol. The molecule has 1 fully saturated rings. The third kappa shape index (κ3) is 2.52. The van der Waals surface area contributed by atoms with E-state index in [1.165, 1.54) is 24.8 Å². The Morgan fingerprint density at radius 3 is 2.93 bits per heavy atom. The minimum atomic E-state index is 0.450. The molecule has 15 heavy (non-hydrogen) atoms. The smallest absolute Gasteiger partial charge is 0.123 e. The van der Waals surface area contributed by atoms with Crippen LogP contribution in [-0.4, -0.2) is 13.7 Å². The quantitative estimate of drug-likeness (QED) is 0.890. The molecule has 1 heterocycles. The molecule has 0 amide bonds. The van der Waals surface area contributed by atoms with E-state index in [0.717, 1.165) is 16.8 Å². The second kappa shape index (κ2) is 4.99. The zero-order valence-corrected chi connectivity index (χ0v) is 10.5. The van der Waals surface area contributed by atoms with Gasteiger partial charge in [-0.1, -0.05) is 22.4 Å². The molecule has 1 aliphatic heterocycles. The van der Waals surface area contributed by atoms with E-state index in [4.69, 9.17) is 4.74 Å². The SMILES string of the molecule is COc1ccc(Br)cc1[C@H]1CCCCN1. The molecule has 2 rings (SSSR count). The number of piperidine rings is 1. The highest BCUT2D eigenvalue weighted by molar-refractivity contribution is 9.10. The molecule has 0 spiro atoms. The summed E-state index contributed by atoms with van der Waals surface area (Å²) in [7, 11) is 1.73. The van der Waals surface area contributed by atoms with Gasteiger partial charge in [-0.3, -0.25) is 0 Å². The van der Waals surface area contributed by atoms with Crippen LogP contribution in [0.5, 0.6) is 5.75 Å². The summed E-state index contributed by atoms with van der Waals surface area (Å²) in [6, 6.07) is 6.65. The van der Waals surface area contributed by atoms with Crippen molar-refractivity contribution in [2.75, 3.05) is 13.7 Å². The summed E-state index contributed by atoms with van der Waals surface area (Å²) >= 11 is 3.51. The Morgan fingerprint density at radius 1 is 1.40 bits per heavy atom. The summed E-state index contributed by atoms with van der Waals surface area (Å²) in [6.07, 6.45) is 3.78. The highest BCUT2D eigenvalue weighted by atomic mass is 79.9. The van der Waals surface area contributed by atoms with Crippen molar-refractivity contribution in [3.8, 4) is 5.75 Å². The van der Waals surface area contributed by atoms with Crippen molar-refractivity contribution in [1.82, 2.24) is 5.32 Å². The lowest BCUT2D eigenvalue weighted by molar-refractivity contribution is 0.373. The lowest BCUT2D eigenvalue weighted by atomic mass is 9.97. The number of benzene rings is 1. The highest BCUT2D eigenvalue weighted by Gasteiger charge is 2.18. The summed E-state index contributed by atoms with van der Waals surface area (Å²) in [5, 5.41) is 3.54. The molecule has 2 nitrogen and oxygen atoms in total. The largest absolute Gasteiger partial charge is 0.496 e. The minimum Gasteiger partial charge on any atom is -0.496 e. The van der Waals surface area contributed by atoms with Crippen LogP contribution >= 0.6 is 15.9 Å². The fourth-order valence-corrected chi connectivity index (χ4v) is 2.47. The molecule has 0 aliphatic carbocycles. The van der Waals surface area contributed by atoms with E-state index in [0.29, 0.717) is 6.04 Å². The van der Waals surface area contributed by atoms with Gasteiger partial charge in [0.25, 0.3) is 0 Å². The molecule has 1 saturated heterocycles. The van der Waals surface area contributed by atoms with Gasteiger partial charge in [-0.05, 0) is 37.6 Å². The molecule has 1 N–H and O–H groups in total.